The Hall–Kier alpha value is -1.45. The summed E-state index contributed by atoms with van der Waals surface area (Å²) in [4.78, 5) is 34.5. The number of amides is 2. The lowest BCUT2D eigenvalue weighted by atomic mass is 10.0. The first-order valence-corrected chi connectivity index (χ1v) is 11.5. The molecule has 4 nitrogen and oxygen atoms in total. The second-order valence-electron chi connectivity index (χ2n) is 8.04. The minimum Gasteiger partial charge on any atom is -0.289 e. The number of carbonyl (C=O) groups is 3. The Balaban J connectivity index is 3.33. The predicted molar refractivity (Wildman–Crippen MR) is 117 cm³/mol. The van der Waals surface area contributed by atoms with Crippen LogP contribution in [0.5, 0.6) is 0 Å². The van der Waals surface area contributed by atoms with Crippen molar-refractivity contribution in [3.8, 4) is 0 Å². The summed E-state index contributed by atoms with van der Waals surface area (Å²) in [6.07, 6.45) is 20.6. The Morgan fingerprint density at radius 2 is 0.964 bits per heavy atom. The third-order valence-electron chi connectivity index (χ3n) is 5.13. The minimum absolute atomic E-state index is 0.216. The summed E-state index contributed by atoms with van der Waals surface area (Å²) >= 11 is 0. The van der Waals surface area contributed by atoms with Gasteiger partial charge in [0.25, 0.3) is 11.8 Å². The second-order valence-corrected chi connectivity index (χ2v) is 8.04. The molecule has 0 fully saturated rings. The number of unbranched alkanes of at least 4 members (excludes halogenated alkanes) is 15. The van der Waals surface area contributed by atoms with E-state index < -0.39 is 17.6 Å². The molecule has 0 unspecified atom stereocenters. The van der Waals surface area contributed by atoms with E-state index in [9.17, 15) is 14.4 Å². The quantitative estimate of drug-likeness (QED) is 0.156. The summed E-state index contributed by atoms with van der Waals surface area (Å²) in [7, 11) is 0. The van der Waals surface area contributed by atoms with Crippen molar-refractivity contribution in [3.05, 3.63) is 12.2 Å². The highest BCUT2D eigenvalue weighted by Crippen LogP contribution is 2.14. The van der Waals surface area contributed by atoms with Crippen LogP contribution in [0.3, 0.4) is 0 Å². The highest BCUT2D eigenvalue weighted by Gasteiger charge is 2.16. The van der Waals surface area contributed by atoms with E-state index in [1.54, 1.807) is 0 Å². The van der Waals surface area contributed by atoms with Crippen molar-refractivity contribution in [2.75, 3.05) is 0 Å². The van der Waals surface area contributed by atoms with Crippen LogP contribution in [0.4, 0.5) is 0 Å². The minimum atomic E-state index is -0.811. The maximum Gasteiger partial charge on any atom is 0.294 e. The van der Waals surface area contributed by atoms with Gasteiger partial charge in [-0.2, -0.15) is 0 Å². The summed E-state index contributed by atoms with van der Waals surface area (Å²) < 4.78 is 0. The van der Waals surface area contributed by atoms with Crippen molar-refractivity contribution in [2.45, 2.75) is 123 Å². The first-order chi connectivity index (χ1) is 13.5. The largest absolute Gasteiger partial charge is 0.294 e. The van der Waals surface area contributed by atoms with Crippen LogP contribution in [0.2, 0.25) is 0 Å². The van der Waals surface area contributed by atoms with Gasteiger partial charge in [0.2, 0.25) is 5.78 Å². The molecule has 2 amide bonds. The van der Waals surface area contributed by atoms with Gasteiger partial charge >= 0.3 is 0 Å². The van der Waals surface area contributed by atoms with Crippen molar-refractivity contribution in [3.63, 3.8) is 0 Å². The van der Waals surface area contributed by atoms with E-state index in [4.69, 9.17) is 0 Å². The summed E-state index contributed by atoms with van der Waals surface area (Å²) in [5.74, 6) is -1.90. The molecular formula is C24H43NO3. The molecule has 0 radical (unpaired) electrons. The first-order valence-electron chi connectivity index (χ1n) is 11.5. The fourth-order valence-electron chi connectivity index (χ4n) is 3.23. The zero-order chi connectivity index (χ0) is 21.0. The summed E-state index contributed by atoms with van der Waals surface area (Å²) in [5, 5.41) is 2.06. The molecule has 0 heterocycles. The van der Waals surface area contributed by atoms with Gasteiger partial charge in [-0.05, 0) is 13.3 Å². The van der Waals surface area contributed by atoms with Crippen LogP contribution < -0.4 is 5.32 Å². The van der Waals surface area contributed by atoms with E-state index in [-0.39, 0.29) is 12.0 Å². The van der Waals surface area contributed by atoms with Crippen molar-refractivity contribution >= 4 is 17.6 Å². The van der Waals surface area contributed by atoms with Crippen LogP contribution in [0.25, 0.3) is 0 Å². The number of nitrogens with one attached hydrogen (secondary N) is 1. The fraction of sp³-hybridized carbons (Fsp3) is 0.792. The lowest BCUT2D eigenvalue weighted by Crippen LogP contribution is -2.36. The van der Waals surface area contributed by atoms with Crippen LogP contribution in [-0.4, -0.2) is 17.6 Å². The van der Waals surface area contributed by atoms with Crippen molar-refractivity contribution < 1.29 is 14.4 Å². The molecule has 0 saturated carbocycles. The number of ketones is 1. The Kier molecular flexibility index (Phi) is 17.9. The third kappa shape index (κ3) is 16.7. The Morgan fingerprint density at radius 1 is 0.607 bits per heavy atom. The van der Waals surface area contributed by atoms with E-state index in [1.165, 1.54) is 90.4 Å². The number of hydrogen-bond donors (Lipinski definition) is 1. The van der Waals surface area contributed by atoms with Crippen LogP contribution in [0.15, 0.2) is 12.2 Å². The molecule has 162 valence electrons. The van der Waals surface area contributed by atoms with E-state index >= 15 is 0 Å². The lowest BCUT2D eigenvalue weighted by molar-refractivity contribution is -0.140. The molecule has 0 aromatic rings. The number of Topliss-reactive ketones (excluding diaryl/α,β-unsaturated/α-hetero) is 1. The molecule has 0 saturated heterocycles. The van der Waals surface area contributed by atoms with Crippen molar-refractivity contribution in [1.29, 1.82) is 0 Å². The highest BCUT2D eigenvalue weighted by atomic mass is 16.2. The molecular weight excluding hydrogens is 350 g/mol. The third-order valence-corrected chi connectivity index (χ3v) is 5.13. The van der Waals surface area contributed by atoms with E-state index in [0.29, 0.717) is 6.42 Å². The molecule has 0 aliphatic rings. The summed E-state index contributed by atoms with van der Waals surface area (Å²) in [5.41, 5.74) is 0.226. The topological polar surface area (TPSA) is 63.2 Å². The normalized spacial score (nSPS) is 10.6. The van der Waals surface area contributed by atoms with Gasteiger partial charge in [-0.15, -0.1) is 0 Å². The summed E-state index contributed by atoms with van der Waals surface area (Å²) in [6.45, 7) is 7.20. The Bertz CT molecular complexity index is 457. The van der Waals surface area contributed by atoms with E-state index in [1.807, 2.05) is 0 Å². The summed E-state index contributed by atoms with van der Waals surface area (Å²) in [6, 6.07) is 0. The standard InChI is InChI=1S/C24H43NO3/c1-4-5-6-7-8-9-10-11-12-13-14-15-16-17-18-19-20-22(26)24(28)25-23(27)21(2)3/h2,4-20H2,1,3H3,(H,25,27,28). The van der Waals surface area contributed by atoms with Gasteiger partial charge in [0, 0.05) is 12.0 Å². The maximum atomic E-state index is 11.7. The smallest absolute Gasteiger partial charge is 0.289 e. The van der Waals surface area contributed by atoms with Gasteiger partial charge in [-0.1, -0.05) is 110 Å². The van der Waals surface area contributed by atoms with Crippen molar-refractivity contribution in [1.82, 2.24) is 5.32 Å². The van der Waals surface area contributed by atoms with Gasteiger partial charge < -0.3 is 0 Å². The molecule has 0 atom stereocenters. The van der Waals surface area contributed by atoms with Crippen molar-refractivity contribution in [2.24, 2.45) is 0 Å². The first kappa shape index (κ1) is 26.6. The zero-order valence-corrected chi connectivity index (χ0v) is 18.5. The molecule has 28 heavy (non-hydrogen) atoms. The number of imide groups is 1. The monoisotopic (exact) mass is 393 g/mol. The number of hydrogen-bond acceptors (Lipinski definition) is 3. The van der Waals surface area contributed by atoms with Crippen LogP contribution in [0, 0.1) is 0 Å². The average molecular weight is 394 g/mol. The predicted octanol–water partition coefficient (Wildman–Crippen LogP) is 6.43. The molecule has 0 aliphatic heterocycles. The Morgan fingerprint density at radius 3 is 1.32 bits per heavy atom. The van der Waals surface area contributed by atoms with Gasteiger partial charge in [0.15, 0.2) is 0 Å². The van der Waals surface area contributed by atoms with Gasteiger partial charge in [-0.25, -0.2) is 0 Å². The van der Waals surface area contributed by atoms with Crippen LogP contribution >= 0.6 is 0 Å². The van der Waals surface area contributed by atoms with Gasteiger partial charge in [-0.3, -0.25) is 19.7 Å². The highest BCUT2D eigenvalue weighted by molar-refractivity contribution is 6.39. The second kappa shape index (κ2) is 18.9. The maximum absolute atomic E-state index is 11.7. The van der Waals surface area contributed by atoms with E-state index in [2.05, 4.69) is 18.8 Å². The SMILES string of the molecule is C=C(C)C(=O)NC(=O)C(=O)CCCCCCCCCCCCCCCCCC. The lowest BCUT2D eigenvalue weighted by Gasteiger charge is -2.04. The number of rotatable bonds is 19. The van der Waals surface area contributed by atoms with Crippen LogP contribution in [-0.2, 0) is 14.4 Å². The molecule has 0 aliphatic carbocycles. The molecule has 0 bridgehead atoms. The molecule has 0 rings (SSSR count). The molecule has 0 aromatic carbocycles. The van der Waals surface area contributed by atoms with Gasteiger partial charge in [0.05, 0.1) is 0 Å². The molecule has 0 aromatic heterocycles. The average Bonchev–Trinajstić information content (AvgIpc) is 2.67. The molecule has 4 heteroatoms. The van der Waals surface area contributed by atoms with E-state index in [0.717, 1.165) is 12.8 Å². The van der Waals surface area contributed by atoms with Gasteiger partial charge in [0.1, 0.15) is 0 Å². The molecule has 1 N–H and O–H groups in total. The molecule has 0 spiro atoms. The Labute approximate surface area is 172 Å². The van der Waals surface area contributed by atoms with Crippen LogP contribution in [0.1, 0.15) is 123 Å². The number of carbonyl (C=O) groups excluding carboxylic acids is 3. The fourth-order valence-corrected chi connectivity index (χ4v) is 3.23. The zero-order valence-electron chi connectivity index (χ0n) is 18.5.